The first-order valence-corrected chi connectivity index (χ1v) is 8.12. The number of hydrogen-bond acceptors (Lipinski definition) is 3. The molecule has 3 atom stereocenters. The molecule has 1 fully saturated rings. The molecule has 3 rings (SSSR count). The van der Waals surface area contributed by atoms with Crippen LogP contribution in [0.2, 0.25) is 0 Å². The minimum absolute atomic E-state index is 0.142. The zero-order chi connectivity index (χ0) is 17.3. The summed E-state index contributed by atoms with van der Waals surface area (Å²) >= 11 is 0. The van der Waals surface area contributed by atoms with E-state index in [0.717, 1.165) is 5.56 Å². The van der Waals surface area contributed by atoms with Gasteiger partial charge in [-0.1, -0.05) is 6.92 Å². The van der Waals surface area contributed by atoms with Gasteiger partial charge >= 0.3 is 12.0 Å². The largest absolute Gasteiger partial charge is 0.491 e. The Balaban J connectivity index is 1.62. The number of amides is 2. The Labute approximate surface area is 139 Å². The molecule has 130 valence electrons. The van der Waals surface area contributed by atoms with Crippen LogP contribution in [0, 0.1) is 17.7 Å². The summed E-state index contributed by atoms with van der Waals surface area (Å²) < 4.78 is 18.9. The molecule has 3 unspecified atom stereocenters. The molecule has 2 aliphatic heterocycles. The number of nitrogens with one attached hydrogen (secondary N) is 1. The first-order chi connectivity index (χ1) is 11.4. The van der Waals surface area contributed by atoms with Crippen LogP contribution in [-0.2, 0) is 11.2 Å². The smallest absolute Gasteiger partial charge is 0.317 e. The van der Waals surface area contributed by atoms with Crippen molar-refractivity contribution >= 4 is 12.0 Å². The maximum atomic E-state index is 13.3. The van der Waals surface area contributed by atoms with E-state index in [4.69, 9.17) is 4.74 Å². The average Bonchev–Trinajstić information content (AvgIpc) is 2.53. The van der Waals surface area contributed by atoms with Gasteiger partial charge in [-0.25, -0.2) is 9.18 Å². The van der Waals surface area contributed by atoms with Crippen LogP contribution in [0.5, 0.6) is 5.75 Å². The first-order valence-electron chi connectivity index (χ1n) is 8.12. The lowest BCUT2D eigenvalue weighted by molar-refractivity contribution is -0.143. The lowest BCUT2D eigenvalue weighted by Crippen LogP contribution is -2.53. The van der Waals surface area contributed by atoms with Crippen LogP contribution in [0.15, 0.2) is 18.2 Å². The third kappa shape index (κ3) is 3.60. The number of halogens is 1. The van der Waals surface area contributed by atoms with E-state index in [1.54, 1.807) is 11.0 Å². The number of hydrogen-bond donors (Lipinski definition) is 2. The fourth-order valence-corrected chi connectivity index (χ4v) is 3.42. The molecule has 2 aliphatic rings. The van der Waals surface area contributed by atoms with Crippen LogP contribution in [0.4, 0.5) is 9.18 Å². The Hall–Kier alpha value is -2.31. The molecule has 0 aromatic heterocycles. The molecule has 0 radical (unpaired) electrons. The van der Waals surface area contributed by atoms with Gasteiger partial charge in [-0.15, -0.1) is 0 Å². The molecule has 0 aliphatic carbocycles. The number of carbonyl (C=O) groups is 2. The third-order valence-corrected chi connectivity index (χ3v) is 4.55. The average molecular weight is 336 g/mol. The van der Waals surface area contributed by atoms with Crippen LogP contribution < -0.4 is 10.1 Å². The summed E-state index contributed by atoms with van der Waals surface area (Å²) in [6, 6.07) is 3.80. The minimum atomic E-state index is -0.871. The highest BCUT2D eigenvalue weighted by molar-refractivity contribution is 5.77. The molecule has 2 heterocycles. The standard InChI is InChI=1S/C17H21FN2O4/c1-10-4-12(16(21)22)8-20(7-10)17(23)19-14-6-11-5-13(18)2-3-15(11)24-9-14/h2-3,5,10,12,14H,4,6-9H2,1H3,(H,19,23)(H,21,22). The number of benzene rings is 1. The van der Waals surface area contributed by atoms with Gasteiger partial charge in [-0.2, -0.15) is 0 Å². The van der Waals surface area contributed by atoms with Crippen molar-refractivity contribution in [1.29, 1.82) is 0 Å². The van der Waals surface area contributed by atoms with Crippen molar-refractivity contribution in [3.8, 4) is 5.75 Å². The molecule has 7 heteroatoms. The molecule has 24 heavy (non-hydrogen) atoms. The number of ether oxygens (including phenoxy) is 1. The lowest BCUT2D eigenvalue weighted by atomic mass is 9.91. The monoisotopic (exact) mass is 336 g/mol. The Morgan fingerprint density at radius 1 is 1.38 bits per heavy atom. The van der Waals surface area contributed by atoms with E-state index in [2.05, 4.69) is 5.32 Å². The van der Waals surface area contributed by atoms with Gasteiger partial charge in [0, 0.05) is 13.1 Å². The van der Waals surface area contributed by atoms with Gasteiger partial charge in [0.15, 0.2) is 0 Å². The van der Waals surface area contributed by atoms with Gasteiger partial charge in [0.05, 0.1) is 12.0 Å². The van der Waals surface area contributed by atoms with Crippen molar-refractivity contribution < 1.29 is 23.8 Å². The predicted octanol–water partition coefficient (Wildman–Crippen LogP) is 1.88. The maximum absolute atomic E-state index is 13.3. The summed E-state index contributed by atoms with van der Waals surface area (Å²) in [7, 11) is 0. The molecule has 2 N–H and O–H groups in total. The van der Waals surface area contributed by atoms with E-state index >= 15 is 0 Å². The molecule has 1 aromatic carbocycles. The molecule has 0 spiro atoms. The van der Waals surface area contributed by atoms with Crippen molar-refractivity contribution in [3.63, 3.8) is 0 Å². The second kappa shape index (κ2) is 6.67. The number of carboxylic acid groups (broad SMARTS) is 1. The van der Waals surface area contributed by atoms with Crippen LogP contribution >= 0.6 is 0 Å². The van der Waals surface area contributed by atoms with E-state index in [9.17, 15) is 19.1 Å². The van der Waals surface area contributed by atoms with Gasteiger partial charge in [0.1, 0.15) is 18.2 Å². The van der Waals surface area contributed by atoms with E-state index < -0.39 is 11.9 Å². The number of fused-ring (bicyclic) bond motifs is 1. The molecule has 6 nitrogen and oxygen atoms in total. The Kier molecular flexibility index (Phi) is 4.59. The zero-order valence-electron chi connectivity index (χ0n) is 13.5. The minimum Gasteiger partial charge on any atom is -0.491 e. The normalized spacial score (nSPS) is 26.2. The molecule has 1 aromatic rings. The Morgan fingerprint density at radius 2 is 2.17 bits per heavy atom. The number of urea groups is 1. The van der Waals surface area contributed by atoms with E-state index in [1.165, 1.54) is 12.1 Å². The molecule has 2 amide bonds. The highest BCUT2D eigenvalue weighted by Crippen LogP contribution is 2.26. The van der Waals surface area contributed by atoms with Crippen LogP contribution in [0.1, 0.15) is 18.9 Å². The second-order valence-corrected chi connectivity index (χ2v) is 6.69. The van der Waals surface area contributed by atoms with Crippen LogP contribution in [-0.4, -0.2) is 47.7 Å². The van der Waals surface area contributed by atoms with Crippen LogP contribution in [0.25, 0.3) is 0 Å². The number of aliphatic carboxylic acids is 1. The van der Waals surface area contributed by atoms with Crippen molar-refractivity contribution in [2.75, 3.05) is 19.7 Å². The molecule has 1 saturated heterocycles. The summed E-state index contributed by atoms with van der Waals surface area (Å²) in [5.74, 6) is -0.956. The number of likely N-dealkylation sites (tertiary alicyclic amines) is 1. The van der Waals surface area contributed by atoms with Crippen molar-refractivity contribution in [2.24, 2.45) is 11.8 Å². The molecular weight excluding hydrogens is 315 g/mol. The topological polar surface area (TPSA) is 78.9 Å². The van der Waals surface area contributed by atoms with Gasteiger partial charge in [0.2, 0.25) is 0 Å². The fourth-order valence-electron chi connectivity index (χ4n) is 3.42. The SMILES string of the molecule is CC1CC(C(=O)O)CN(C(=O)NC2COc3ccc(F)cc3C2)C1. The number of carbonyl (C=O) groups excluding carboxylic acids is 1. The Bertz CT molecular complexity index is 651. The molecule has 0 saturated carbocycles. The second-order valence-electron chi connectivity index (χ2n) is 6.69. The van der Waals surface area contributed by atoms with Crippen LogP contribution in [0.3, 0.4) is 0 Å². The summed E-state index contributed by atoms with van der Waals surface area (Å²) in [4.78, 5) is 25.2. The fraction of sp³-hybridized carbons (Fsp3) is 0.529. The quantitative estimate of drug-likeness (QED) is 0.864. The molecular formula is C17H21FN2O4. The van der Waals surface area contributed by atoms with Gasteiger partial charge < -0.3 is 20.1 Å². The summed E-state index contributed by atoms with van der Waals surface area (Å²) in [5.41, 5.74) is 0.724. The highest BCUT2D eigenvalue weighted by Gasteiger charge is 2.33. The van der Waals surface area contributed by atoms with Crippen molar-refractivity contribution in [3.05, 3.63) is 29.6 Å². The Morgan fingerprint density at radius 3 is 2.92 bits per heavy atom. The third-order valence-electron chi connectivity index (χ3n) is 4.55. The summed E-state index contributed by atoms with van der Waals surface area (Å²) in [6.07, 6.45) is 1.07. The highest BCUT2D eigenvalue weighted by atomic mass is 19.1. The van der Waals surface area contributed by atoms with Crippen molar-refractivity contribution in [2.45, 2.75) is 25.8 Å². The van der Waals surface area contributed by atoms with Gasteiger partial charge in [-0.05, 0) is 42.5 Å². The first kappa shape index (κ1) is 16.5. The molecule has 0 bridgehead atoms. The maximum Gasteiger partial charge on any atom is 0.317 e. The van der Waals surface area contributed by atoms with E-state index in [-0.39, 0.29) is 30.4 Å². The number of piperidine rings is 1. The number of carboxylic acids is 1. The number of rotatable bonds is 2. The summed E-state index contributed by atoms with van der Waals surface area (Å²) in [5, 5.41) is 12.1. The lowest BCUT2D eigenvalue weighted by Gasteiger charge is -2.36. The van der Waals surface area contributed by atoms with Crippen molar-refractivity contribution in [1.82, 2.24) is 10.2 Å². The van der Waals surface area contributed by atoms with E-state index in [0.29, 0.717) is 31.7 Å². The zero-order valence-corrected chi connectivity index (χ0v) is 13.5. The predicted molar refractivity (Wildman–Crippen MR) is 84.4 cm³/mol. The van der Waals surface area contributed by atoms with Gasteiger partial charge in [-0.3, -0.25) is 4.79 Å². The van der Waals surface area contributed by atoms with E-state index in [1.807, 2.05) is 6.92 Å². The van der Waals surface area contributed by atoms with Gasteiger partial charge in [0.25, 0.3) is 0 Å². The number of nitrogens with zero attached hydrogens (tertiary/aromatic N) is 1. The summed E-state index contributed by atoms with van der Waals surface area (Å²) in [6.45, 7) is 3.01.